The molecule has 1 aromatic carbocycles. The van der Waals surface area contributed by atoms with Gasteiger partial charge in [0, 0.05) is 12.6 Å². The molecule has 0 aromatic heterocycles. The molecular formula is C17H19N3O. The maximum Gasteiger partial charge on any atom is 0.234 e. The molecule has 0 fully saturated rings. The average molecular weight is 281 g/mol. The fourth-order valence-corrected chi connectivity index (χ4v) is 2.81. The molecule has 0 heterocycles. The molecule has 0 radical (unpaired) electrons. The molecule has 1 N–H and O–H groups in total. The Morgan fingerprint density at radius 2 is 2.29 bits per heavy atom. The van der Waals surface area contributed by atoms with Crippen LogP contribution in [0.15, 0.2) is 24.3 Å². The second-order valence-corrected chi connectivity index (χ2v) is 5.12. The number of nitrogens with one attached hydrogen (secondary N) is 1. The minimum Gasteiger partial charge on any atom is -0.354 e. The van der Waals surface area contributed by atoms with Crippen molar-refractivity contribution in [2.24, 2.45) is 0 Å². The number of nitriles is 1. The van der Waals surface area contributed by atoms with Gasteiger partial charge in [-0.1, -0.05) is 30.2 Å². The summed E-state index contributed by atoms with van der Waals surface area (Å²) in [6, 6.07) is 10.5. The second-order valence-electron chi connectivity index (χ2n) is 5.12. The third-order valence-electron chi connectivity index (χ3n) is 3.74. The van der Waals surface area contributed by atoms with Crippen molar-refractivity contribution in [2.75, 3.05) is 19.6 Å². The summed E-state index contributed by atoms with van der Waals surface area (Å²) >= 11 is 0. The van der Waals surface area contributed by atoms with E-state index in [1.807, 2.05) is 23.1 Å². The van der Waals surface area contributed by atoms with Crippen molar-refractivity contribution >= 4 is 5.91 Å². The van der Waals surface area contributed by atoms with E-state index in [0.29, 0.717) is 19.5 Å². The summed E-state index contributed by atoms with van der Waals surface area (Å²) in [7, 11) is 0. The SMILES string of the molecule is C#CCN(CC(=O)NCCC#N)[C@@H]1CCc2ccccc21. The number of rotatable bonds is 6. The Balaban J connectivity index is 2.02. The van der Waals surface area contributed by atoms with Crippen LogP contribution < -0.4 is 5.32 Å². The number of fused-ring (bicyclic) bond motifs is 1. The molecule has 21 heavy (non-hydrogen) atoms. The highest BCUT2D eigenvalue weighted by atomic mass is 16.2. The van der Waals surface area contributed by atoms with Crippen LogP contribution in [0.25, 0.3) is 0 Å². The molecule has 0 saturated heterocycles. The zero-order chi connectivity index (χ0) is 15.1. The molecule has 0 aliphatic heterocycles. The van der Waals surface area contributed by atoms with E-state index in [2.05, 4.69) is 23.4 Å². The highest BCUT2D eigenvalue weighted by Gasteiger charge is 2.28. The van der Waals surface area contributed by atoms with Crippen molar-refractivity contribution in [2.45, 2.75) is 25.3 Å². The van der Waals surface area contributed by atoms with Gasteiger partial charge in [-0.2, -0.15) is 5.26 Å². The summed E-state index contributed by atoms with van der Waals surface area (Å²) in [5.74, 6) is 2.56. The first-order chi connectivity index (χ1) is 10.3. The van der Waals surface area contributed by atoms with Gasteiger partial charge in [-0.15, -0.1) is 6.42 Å². The number of carbonyl (C=O) groups excluding carboxylic acids is 1. The van der Waals surface area contributed by atoms with Gasteiger partial charge >= 0.3 is 0 Å². The average Bonchev–Trinajstić information content (AvgIpc) is 2.91. The Kier molecular flexibility index (Phi) is 5.37. The number of aryl methyl sites for hydroxylation is 1. The van der Waals surface area contributed by atoms with Gasteiger partial charge in [0.2, 0.25) is 5.91 Å². The molecule has 4 nitrogen and oxygen atoms in total. The van der Waals surface area contributed by atoms with Crippen LogP contribution in [0.4, 0.5) is 0 Å². The molecule has 0 spiro atoms. The molecular weight excluding hydrogens is 262 g/mol. The number of terminal acetylenes is 1. The van der Waals surface area contributed by atoms with E-state index in [-0.39, 0.29) is 18.5 Å². The normalized spacial score (nSPS) is 16.0. The van der Waals surface area contributed by atoms with Gasteiger partial charge in [-0.25, -0.2) is 0 Å². The predicted molar refractivity (Wildman–Crippen MR) is 81.1 cm³/mol. The number of carbonyl (C=O) groups is 1. The molecule has 1 aliphatic carbocycles. The number of benzene rings is 1. The third kappa shape index (κ3) is 3.84. The first-order valence-electron chi connectivity index (χ1n) is 7.15. The molecule has 2 rings (SSSR count). The lowest BCUT2D eigenvalue weighted by Gasteiger charge is -2.27. The van der Waals surface area contributed by atoms with Gasteiger partial charge in [0.15, 0.2) is 0 Å². The number of nitrogens with zero attached hydrogens (tertiary/aromatic N) is 2. The molecule has 108 valence electrons. The fraction of sp³-hybridized carbons (Fsp3) is 0.412. The van der Waals surface area contributed by atoms with Crippen LogP contribution in [0.1, 0.15) is 30.0 Å². The first kappa shape index (κ1) is 15.1. The number of hydrogen-bond acceptors (Lipinski definition) is 3. The minimum absolute atomic E-state index is 0.0788. The molecule has 1 atom stereocenters. The van der Waals surface area contributed by atoms with Crippen LogP contribution in [0.3, 0.4) is 0 Å². The van der Waals surface area contributed by atoms with E-state index in [4.69, 9.17) is 11.7 Å². The Morgan fingerprint density at radius 1 is 1.48 bits per heavy atom. The van der Waals surface area contributed by atoms with Crippen LogP contribution in [0.2, 0.25) is 0 Å². The second kappa shape index (κ2) is 7.47. The van der Waals surface area contributed by atoms with E-state index in [1.165, 1.54) is 11.1 Å². The summed E-state index contributed by atoms with van der Waals surface area (Å²) in [6.45, 7) is 1.11. The van der Waals surface area contributed by atoms with Gasteiger partial charge in [0.25, 0.3) is 0 Å². The molecule has 1 aliphatic rings. The van der Waals surface area contributed by atoms with Crippen LogP contribution in [0.5, 0.6) is 0 Å². The van der Waals surface area contributed by atoms with E-state index < -0.39 is 0 Å². The lowest BCUT2D eigenvalue weighted by Crippen LogP contribution is -2.39. The Morgan fingerprint density at radius 3 is 3.05 bits per heavy atom. The summed E-state index contributed by atoms with van der Waals surface area (Å²) in [6.07, 6.45) is 7.79. The highest BCUT2D eigenvalue weighted by molar-refractivity contribution is 5.78. The zero-order valence-corrected chi connectivity index (χ0v) is 12.0. The summed E-state index contributed by atoms with van der Waals surface area (Å²) in [5.41, 5.74) is 2.62. The highest BCUT2D eigenvalue weighted by Crippen LogP contribution is 2.35. The Labute approximate surface area is 125 Å². The van der Waals surface area contributed by atoms with Gasteiger partial charge in [0.05, 0.1) is 25.6 Å². The lowest BCUT2D eigenvalue weighted by atomic mass is 10.1. The van der Waals surface area contributed by atoms with Crippen molar-refractivity contribution in [3.05, 3.63) is 35.4 Å². The van der Waals surface area contributed by atoms with Crippen molar-refractivity contribution in [1.29, 1.82) is 5.26 Å². The van der Waals surface area contributed by atoms with E-state index >= 15 is 0 Å². The van der Waals surface area contributed by atoms with Crippen LogP contribution in [0, 0.1) is 23.7 Å². The van der Waals surface area contributed by atoms with Gasteiger partial charge in [0.1, 0.15) is 0 Å². The molecule has 0 unspecified atom stereocenters. The maximum absolute atomic E-state index is 11.9. The third-order valence-corrected chi connectivity index (χ3v) is 3.74. The van der Waals surface area contributed by atoms with Crippen LogP contribution >= 0.6 is 0 Å². The van der Waals surface area contributed by atoms with Crippen LogP contribution in [-0.4, -0.2) is 30.4 Å². The molecule has 1 amide bonds. The van der Waals surface area contributed by atoms with E-state index in [1.54, 1.807) is 0 Å². The summed E-state index contributed by atoms with van der Waals surface area (Å²) in [4.78, 5) is 14.0. The summed E-state index contributed by atoms with van der Waals surface area (Å²) < 4.78 is 0. The Hall–Kier alpha value is -2.30. The number of hydrogen-bond donors (Lipinski definition) is 1. The van der Waals surface area contributed by atoms with Gasteiger partial charge in [-0.05, 0) is 24.0 Å². The standard InChI is InChI=1S/C17H19N3O/c1-2-12-20(13-17(21)19-11-5-10-18)16-9-8-14-6-3-4-7-15(14)16/h1,3-4,6-7,16H,5,8-9,11-13H2,(H,19,21)/t16-/m1/s1. The lowest BCUT2D eigenvalue weighted by molar-refractivity contribution is -0.122. The van der Waals surface area contributed by atoms with Gasteiger partial charge < -0.3 is 5.32 Å². The smallest absolute Gasteiger partial charge is 0.234 e. The predicted octanol–water partition coefficient (Wildman–Crippen LogP) is 1.64. The Bertz CT molecular complexity index is 582. The summed E-state index contributed by atoms with van der Waals surface area (Å²) in [5, 5.41) is 11.2. The molecule has 0 bridgehead atoms. The first-order valence-corrected chi connectivity index (χ1v) is 7.15. The maximum atomic E-state index is 11.9. The van der Waals surface area contributed by atoms with Crippen molar-refractivity contribution in [3.8, 4) is 18.4 Å². The van der Waals surface area contributed by atoms with Crippen LogP contribution in [-0.2, 0) is 11.2 Å². The van der Waals surface area contributed by atoms with Gasteiger partial charge in [-0.3, -0.25) is 9.69 Å². The molecule has 1 aromatic rings. The minimum atomic E-state index is -0.0788. The number of amides is 1. The fourth-order valence-electron chi connectivity index (χ4n) is 2.81. The topological polar surface area (TPSA) is 56.1 Å². The van der Waals surface area contributed by atoms with E-state index in [9.17, 15) is 4.79 Å². The van der Waals surface area contributed by atoms with E-state index in [0.717, 1.165) is 12.8 Å². The monoisotopic (exact) mass is 281 g/mol. The molecule has 0 saturated carbocycles. The molecule has 4 heteroatoms. The van der Waals surface area contributed by atoms with Crippen molar-refractivity contribution in [1.82, 2.24) is 10.2 Å². The quantitative estimate of drug-likeness (QED) is 0.637. The zero-order valence-electron chi connectivity index (χ0n) is 12.0. The van der Waals surface area contributed by atoms with Crippen molar-refractivity contribution < 1.29 is 4.79 Å². The largest absolute Gasteiger partial charge is 0.354 e. The van der Waals surface area contributed by atoms with Crippen molar-refractivity contribution in [3.63, 3.8) is 0 Å².